The molecule has 0 aliphatic heterocycles. The lowest BCUT2D eigenvalue weighted by Gasteiger charge is -2.03. The molecule has 0 saturated carbocycles. The molecule has 0 radical (unpaired) electrons. The van der Waals surface area contributed by atoms with Gasteiger partial charge in [0.15, 0.2) is 0 Å². The molecule has 102 valence electrons. The Morgan fingerprint density at radius 3 is 2.84 bits per heavy atom. The number of hydrogen-bond donors (Lipinski definition) is 3. The molecule has 2 rings (SSSR count). The van der Waals surface area contributed by atoms with E-state index in [0.29, 0.717) is 5.69 Å². The van der Waals surface area contributed by atoms with E-state index in [-0.39, 0.29) is 17.1 Å². The van der Waals surface area contributed by atoms with Crippen LogP contribution in [0.3, 0.4) is 0 Å². The highest BCUT2D eigenvalue weighted by Crippen LogP contribution is 2.16. The zero-order valence-corrected chi connectivity index (χ0v) is 10.7. The van der Waals surface area contributed by atoms with Crippen molar-refractivity contribution in [1.82, 2.24) is 20.0 Å². The lowest BCUT2D eigenvalue weighted by Crippen LogP contribution is -2.13. The molecule has 9 nitrogen and oxygen atoms in total. The summed E-state index contributed by atoms with van der Waals surface area (Å²) in [6.07, 6.45) is 3.72. The Labute approximate surface area is 108 Å². The average molecular weight is 285 g/mol. The highest BCUT2D eigenvalue weighted by molar-refractivity contribution is 7.92. The molecule has 2 heterocycles. The predicted octanol–water partition coefficient (Wildman–Crippen LogP) is -0.200. The number of aryl methyl sites for hydroxylation is 1. The van der Waals surface area contributed by atoms with E-state index >= 15 is 0 Å². The minimum Gasteiger partial charge on any atom is -0.480 e. The van der Waals surface area contributed by atoms with Gasteiger partial charge in [-0.25, -0.2) is 8.42 Å². The molecule has 0 bridgehead atoms. The number of nitrogens with zero attached hydrogens (tertiary/aromatic N) is 3. The molecule has 3 N–H and O–H groups in total. The fourth-order valence-electron chi connectivity index (χ4n) is 1.46. The molecule has 0 fully saturated rings. The minimum absolute atomic E-state index is 0.0264. The molecule has 0 aliphatic rings. The third-order valence-corrected chi connectivity index (χ3v) is 3.75. The fraction of sp³-hybridized carbons (Fsp3) is 0.222. The van der Waals surface area contributed by atoms with Gasteiger partial charge in [0.25, 0.3) is 10.0 Å². The van der Waals surface area contributed by atoms with Crippen molar-refractivity contribution in [3.63, 3.8) is 0 Å². The van der Waals surface area contributed by atoms with Crippen molar-refractivity contribution in [3.05, 3.63) is 24.3 Å². The number of nitrogens with one attached hydrogen (secondary N) is 2. The summed E-state index contributed by atoms with van der Waals surface area (Å²) in [6.45, 7) is 1.24. The molecular weight excluding hydrogens is 274 g/mol. The first-order valence-corrected chi connectivity index (χ1v) is 6.64. The number of H-pyrrole nitrogens is 1. The summed E-state index contributed by atoms with van der Waals surface area (Å²) < 4.78 is 27.4. The van der Waals surface area contributed by atoms with E-state index in [1.807, 2.05) is 0 Å². The van der Waals surface area contributed by atoms with Gasteiger partial charge in [0, 0.05) is 6.20 Å². The van der Waals surface area contributed by atoms with Crippen LogP contribution in [-0.2, 0) is 21.4 Å². The maximum absolute atomic E-state index is 12.0. The number of rotatable bonds is 5. The van der Waals surface area contributed by atoms with Crippen LogP contribution in [0.15, 0.2) is 23.5 Å². The minimum atomic E-state index is -3.76. The predicted molar refractivity (Wildman–Crippen MR) is 64.0 cm³/mol. The van der Waals surface area contributed by atoms with Crippen LogP contribution in [0, 0.1) is 6.92 Å². The van der Waals surface area contributed by atoms with Gasteiger partial charge in [-0.3, -0.25) is 19.3 Å². The van der Waals surface area contributed by atoms with Crippen molar-refractivity contribution in [3.8, 4) is 0 Å². The van der Waals surface area contributed by atoms with E-state index in [4.69, 9.17) is 5.11 Å². The van der Waals surface area contributed by atoms with Gasteiger partial charge in [-0.05, 0) is 6.92 Å². The topological polar surface area (TPSA) is 130 Å². The molecule has 0 spiro atoms. The summed E-state index contributed by atoms with van der Waals surface area (Å²) in [7, 11) is -3.76. The second kappa shape index (κ2) is 4.72. The summed E-state index contributed by atoms with van der Waals surface area (Å²) in [6, 6.07) is 0. The van der Waals surface area contributed by atoms with Crippen LogP contribution in [0.2, 0.25) is 0 Å². The third-order valence-electron chi connectivity index (χ3n) is 2.26. The van der Waals surface area contributed by atoms with E-state index in [1.165, 1.54) is 18.6 Å². The van der Waals surface area contributed by atoms with Crippen LogP contribution < -0.4 is 4.72 Å². The van der Waals surface area contributed by atoms with Crippen LogP contribution in [0.1, 0.15) is 5.69 Å². The Balaban J connectivity index is 2.19. The Morgan fingerprint density at radius 2 is 2.26 bits per heavy atom. The van der Waals surface area contributed by atoms with Crippen molar-refractivity contribution in [2.45, 2.75) is 18.4 Å². The zero-order valence-electron chi connectivity index (χ0n) is 9.86. The molecule has 10 heteroatoms. The van der Waals surface area contributed by atoms with Gasteiger partial charge in [0.1, 0.15) is 11.4 Å². The van der Waals surface area contributed by atoms with Gasteiger partial charge in [-0.1, -0.05) is 0 Å². The highest BCUT2D eigenvalue weighted by Gasteiger charge is 2.19. The number of sulfonamides is 1. The zero-order chi connectivity index (χ0) is 14.0. The van der Waals surface area contributed by atoms with Gasteiger partial charge in [0.05, 0.1) is 23.8 Å². The van der Waals surface area contributed by atoms with E-state index in [0.717, 1.165) is 4.68 Å². The summed E-state index contributed by atoms with van der Waals surface area (Å²) in [5, 5.41) is 18.5. The van der Waals surface area contributed by atoms with Crippen LogP contribution in [0.25, 0.3) is 0 Å². The molecule has 2 aromatic rings. The van der Waals surface area contributed by atoms with Crippen LogP contribution in [0.4, 0.5) is 5.69 Å². The van der Waals surface area contributed by atoms with E-state index < -0.39 is 16.0 Å². The fourth-order valence-corrected chi connectivity index (χ4v) is 2.63. The molecular formula is C9H11N5O4S. The smallest absolute Gasteiger partial charge is 0.325 e. The summed E-state index contributed by atoms with van der Waals surface area (Å²) in [5.41, 5.74) is 0.590. The Bertz CT molecular complexity index is 702. The highest BCUT2D eigenvalue weighted by atomic mass is 32.2. The lowest BCUT2D eigenvalue weighted by molar-refractivity contribution is -0.137. The van der Waals surface area contributed by atoms with Gasteiger partial charge >= 0.3 is 5.97 Å². The van der Waals surface area contributed by atoms with E-state index in [2.05, 4.69) is 20.0 Å². The third kappa shape index (κ3) is 2.91. The van der Waals surface area contributed by atoms with Gasteiger partial charge in [0.2, 0.25) is 0 Å². The largest absolute Gasteiger partial charge is 0.480 e. The molecule has 0 saturated heterocycles. The van der Waals surface area contributed by atoms with E-state index in [9.17, 15) is 13.2 Å². The number of carbonyl (C=O) groups is 1. The van der Waals surface area contributed by atoms with Crippen LogP contribution in [0.5, 0.6) is 0 Å². The lowest BCUT2D eigenvalue weighted by atomic mass is 10.5. The Kier molecular flexibility index (Phi) is 3.25. The number of carboxylic acid groups (broad SMARTS) is 1. The Morgan fingerprint density at radius 1 is 1.53 bits per heavy atom. The molecule has 0 aliphatic carbocycles. The monoisotopic (exact) mass is 285 g/mol. The van der Waals surface area contributed by atoms with Crippen LogP contribution >= 0.6 is 0 Å². The average Bonchev–Trinajstić information content (AvgIpc) is 2.86. The number of aromatic amines is 1. The van der Waals surface area contributed by atoms with Crippen molar-refractivity contribution in [2.24, 2.45) is 0 Å². The van der Waals surface area contributed by atoms with Crippen molar-refractivity contribution in [2.75, 3.05) is 4.72 Å². The standard InChI is InChI=1S/C9H11N5O4S/c1-6-8(3-10-12-6)19(17,18)13-7-2-11-14(4-7)5-9(15)16/h2-4,13H,5H2,1H3,(H,10,12)(H,15,16). The van der Waals surface area contributed by atoms with Gasteiger partial charge in [-0.2, -0.15) is 10.2 Å². The number of carboxylic acids is 1. The Hall–Kier alpha value is -2.36. The van der Waals surface area contributed by atoms with Gasteiger partial charge in [-0.15, -0.1) is 0 Å². The molecule has 19 heavy (non-hydrogen) atoms. The summed E-state index contributed by atoms with van der Waals surface area (Å²) >= 11 is 0. The second-order valence-electron chi connectivity index (χ2n) is 3.79. The van der Waals surface area contributed by atoms with Crippen LogP contribution in [-0.4, -0.2) is 39.5 Å². The van der Waals surface area contributed by atoms with E-state index in [1.54, 1.807) is 6.92 Å². The quantitative estimate of drug-likeness (QED) is 0.697. The first kappa shape index (κ1) is 13.1. The molecule has 0 aromatic carbocycles. The normalized spacial score (nSPS) is 11.4. The number of aliphatic carboxylic acids is 1. The summed E-state index contributed by atoms with van der Waals surface area (Å²) in [5.74, 6) is -1.07. The molecule has 2 aromatic heterocycles. The van der Waals surface area contributed by atoms with Crippen molar-refractivity contribution >= 4 is 21.7 Å². The molecule has 0 atom stereocenters. The second-order valence-corrected chi connectivity index (χ2v) is 5.44. The first-order chi connectivity index (χ1) is 8.88. The van der Waals surface area contributed by atoms with Crippen molar-refractivity contribution < 1.29 is 18.3 Å². The number of anilines is 1. The maximum Gasteiger partial charge on any atom is 0.325 e. The van der Waals surface area contributed by atoms with Crippen molar-refractivity contribution in [1.29, 1.82) is 0 Å². The first-order valence-electron chi connectivity index (χ1n) is 5.15. The van der Waals surface area contributed by atoms with Gasteiger partial charge < -0.3 is 5.11 Å². The summed E-state index contributed by atoms with van der Waals surface area (Å²) in [4.78, 5) is 10.5. The molecule has 0 unspecified atom stereocenters. The maximum atomic E-state index is 12.0. The molecule has 0 amide bonds. The number of aromatic nitrogens is 4. The number of hydrogen-bond acceptors (Lipinski definition) is 5. The SMILES string of the molecule is Cc1[nH]ncc1S(=O)(=O)Nc1cnn(CC(=O)O)c1.